The molecule has 32 heavy (non-hydrogen) atoms. The summed E-state index contributed by atoms with van der Waals surface area (Å²) in [6, 6.07) is 12.9. The molecule has 2 aromatic carbocycles. The van der Waals surface area contributed by atoms with Crippen molar-refractivity contribution in [3.8, 4) is 5.75 Å². The van der Waals surface area contributed by atoms with Gasteiger partial charge in [0.25, 0.3) is 0 Å². The Morgan fingerprint density at radius 1 is 1.19 bits per heavy atom. The van der Waals surface area contributed by atoms with Gasteiger partial charge in [-0.15, -0.1) is 0 Å². The number of aliphatic carboxylic acids is 1. The third-order valence-corrected chi connectivity index (χ3v) is 5.81. The van der Waals surface area contributed by atoms with Crippen LogP contribution >= 0.6 is 11.6 Å². The van der Waals surface area contributed by atoms with Crippen LogP contribution < -0.4 is 10.1 Å². The van der Waals surface area contributed by atoms with Crippen LogP contribution in [-0.2, 0) is 20.7 Å². The van der Waals surface area contributed by atoms with Crippen LogP contribution in [0, 0.1) is 0 Å². The second kappa shape index (κ2) is 10.4. The molecule has 0 bridgehead atoms. The first-order chi connectivity index (χ1) is 15.2. The summed E-state index contributed by atoms with van der Waals surface area (Å²) < 4.78 is 12.5. The number of carbonyl (C=O) groups excluding carboxylic acids is 1. The van der Waals surface area contributed by atoms with E-state index in [-0.39, 0.29) is 24.5 Å². The van der Waals surface area contributed by atoms with Gasteiger partial charge in [0, 0.05) is 35.9 Å². The highest BCUT2D eigenvalue weighted by Gasteiger charge is 2.40. The molecule has 0 spiro atoms. The molecule has 1 fully saturated rings. The van der Waals surface area contributed by atoms with Gasteiger partial charge in [0.1, 0.15) is 5.75 Å². The number of benzene rings is 2. The molecule has 0 radical (unpaired) electrons. The number of hydrogen-bond donors (Lipinski definition) is 2. The standard InChI is InChI=1S/C25H30ClNO5/c1-4-11-31-21-10-5-17(13-24(29)30)12-20(21)23-15-25(3,27-16(2)28)14-22(32-23)18-6-8-19(26)9-7-18/h5-10,12,22-23H,4,11,13-15H2,1-3H3,(H,27,28)(H,29,30)/t22-,23+,25-/m0/s1. The Labute approximate surface area is 193 Å². The lowest BCUT2D eigenvalue weighted by Crippen LogP contribution is -2.50. The third kappa shape index (κ3) is 6.24. The fourth-order valence-electron chi connectivity index (χ4n) is 4.26. The lowest BCUT2D eigenvalue weighted by molar-refractivity contribution is -0.136. The summed E-state index contributed by atoms with van der Waals surface area (Å²) in [6.45, 7) is 6.10. The van der Waals surface area contributed by atoms with E-state index in [1.165, 1.54) is 6.92 Å². The zero-order valence-electron chi connectivity index (χ0n) is 18.7. The zero-order valence-corrected chi connectivity index (χ0v) is 19.4. The van der Waals surface area contributed by atoms with E-state index >= 15 is 0 Å². The second-order valence-electron chi connectivity index (χ2n) is 8.61. The van der Waals surface area contributed by atoms with Crippen LogP contribution in [0.5, 0.6) is 5.75 Å². The van der Waals surface area contributed by atoms with E-state index in [2.05, 4.69) is 5.32 Å². The Balaban J connectivity index is 2.01. The lowest BCUT2D eigenvalue weighted by atomic mass is 9.81. The Morgan fingerprint density at radius 2 is 1.88 bits per heavy atom. The maximum absolute atomic E-state index is 12.0. The summed E-state index contributed by atoms with van der Waals surface area (Å²) in [7, 11) is 0. The first-order valence-electron chi connectivity index (χ1n) is 10.9. The fourth-order valence-corrected chi connectivity index (χ4v) is 4.38. The molecule has 6 nitrogen and oxygen atoms in total. The van der Waals surface area contributed by atoms with E-state index in [4.69, 9.17) is 21.1 Å². The molecule has 1 heterocycles. The summed E-state index contributed by atoms with van der Waals surface area (Å²) in [6.07, 6.45) is 1.24. The van der Waals surface area contributed by atoms with Gasteiger partial charge in [0.15, 0.2) is 0 Å². The van der Waals surface area contributed by atoms with E-state index in [1.54, 1.807) is 6.07 Å². The van der Waals surface area contributed by atoms with Crippen molar-refractivity contribution in [2.45, 2.75) is 64.2 Å². The minimum Gasteiger partial charge on any atom is -0.493 e. The predicted octanol–water partition coefficient (Wildman–Crippen LogP) is 5.24. The van der Waals surface area contributed by atoms with Crippen molar-refractivity contribution in [2.75, 3.05) is 6.61 Å². The van der Waals surface area contributed by atoms with Crippen molar-refractivity contribution < 1.29 is 24.2 Å². The number of amides is 1. The molecule has 172 valence electrons. The molecule has 1 saturated heterocycles. The van der Waals surface area contributed by atoms with Crippen LogP contribution in [0.4, 0.5) is 0 Å². The van der Waals surface area contributed by atoms with Crippen molar-refractivity contribution >= 4 is 23.5 Å². The molecule has 0 aliphatic carbocycles. The number of carboxylic acid groups (broad SMARTS) is 1. The van der Waals surface area contributed by atoms with Gasteiger partial charge in [-0.25, -0.2) is 0 Å². The summed E-state index contributed by atoms with van der Waals surface area (Å²) in [5.41, 5.74) is 1.93. The Hall–Kier alpha value is -2.57. The van der Waals surface area contributed by atoms with E-state index in [0.29, 0.717) is 35.8 Å². The molecule has 7 heteroatoms. The van der Waals surface area contributed by atoms with Gasteiger partial charge in [-0.05, 0) is 48.7 Å². The summed E-state index contributed by atoms with van der Waals surface area (Å²) in [5, 5.41) is 13.0. The Bertz CT molecular complexity index is 961. The molecular weight excluding hydrogens is 430 g/mol. The molecule has 0 aromatic heterocycles. The SMILES string of the molecule is CCCOc1ccc(CC(=O)O)cc1[C@H]1C[C@@](C)(NC(C)=O)C[C@@H](c2ccc(Cl)cc2)O1. The lowest BCUT2D eigenvalue weighted by Gasteiger charge is -2.43. The van der Waals surface area contributed by atoms with E-state index in [1.807, 2.05) is 50.2 Å². The monoisotopic (exact) mass is 459 g/mol. The van der Waals surface area contributed by atoms with Crippen molar-refractivity contribution in [2.24, 2.45) is 0 Å². The van der Waals surface area contributed by atoms with Crippen LogP contribution in [0.25, 0.3) is 0 Å². The smallest absolute Gasteiger partial charge is 0.307 e. The highest BCUT2D eigenvalue weighted by atomic mass is 35.5. The Kier molecular flexibility index (Phi) is 7.80. The fraction of sp³-hybridized carbons (Fsp3) is 0.440. The maximum Gasteiger partial charge on any atom is 0.307 e. The van der Waals surface area contributed by atoms with E-state index in [0.717, 1.165) is 17.5 Å². The highest BCUT2D eigenvalue weighted by Crippen LogP contribution is 2.46. The number of halogens is 1. The predicted molar refractivity (Wildman–Crippen MR) is 123 cm³/mol. The first-order valence-corrected chi connectivity index (χ1v) is 11.2. The average molecular weight is 460 g/mol. The summed E-state index contributed by atoms with van der Waals surface area (Å²) in [5.74, 6) is -0.331. The molecule has 1 aliphatic rings. The number of hydrogen-bond acceptors (Lipinski definition) is 4. The normalized spacial score (nSPS) is 22.9. The third-order valence-electron chi connectivity index (χ3n) is 5.56. The largest absolute Gasteiger partial charge is 0.493 e. The van der Waals surface area contributed by atoms with Crippen molar-refractivity contribution in [1.29, 1.82) is 0 Å². The number of rotatable bonds is 8. The van der Waals surface area contributed by atoms with Gasteiger partial charge in [0.2, 0.25) is 5.91 Å². The zero-order chi connectivity index (χ0) is 23.3. The van der Waals surface area contributed by atoms with Gasteiger partial charge in [-0.3, -0.25) is 9.59 Å². The average Bonchev–Trinajstić information content (AvgIpc) is 2.71. The topological polar surface area (TPSA) is 84.9 Å². The number of nitrogens with one attached hydrogen (secondary N) is 1. The number of carboxylic acids is 1. The van der Waals surface area contributed by atoms with Gasteiger partial charge in [0.05, 0.1) is 25.2 Å². The van der Waals surface area contributed by atoms with Gasteiger partial charge in [-0.1, -0.05) is 36.7 Å². The minimum absolute atomic E-state index is 0.0860. The van der Waals surface area contributed by atoms with Gasteiger partial charge in [-0.2, -0.15) is 0 Å². The quantitative estimate of drug-likeness (QED) is 0.563. The van der Waals surface area contributed by atoms with Crippen LogP contribution in [0.1, 0.15) is 68.9 Å². The molecular formula is C25H30ClNO5. The molecule has 2 aromatic rings. The van der Waals surface area contributed by atoms with E-state index in [9.17, 15) is 14.7 Å². The van der Waals surface area contributed by atoms with E-state index < -0.39 is 11.5 Å². The molecule has 0 saturated carbocycles. The molecule has 1 aliphatic heterocycles. The Morgan fingerprint density at radius 3 is 2.50 bits per heavy atom. The van der Waals surface area contributed by atoms with Crippen LogP contribution in [0.2, 0.25) is 5.02 Å². The molecule has 0 unspecified atom stereocenters. The van der Waals surface area contributed by atoms with Crippen LogP contribution in [0.3, 0.4) is 0 Å². The summed E-state index contributed by atoms with van der Waals surface area (Å²) in [4.78, 5) is 23.3. The van der Waals surface area contributed by atoms with Crippen molar-refractivity contribution in [3.05, 3.63) is 64.2 Å². The number of carbonyl (C=O) groups is 2. The first kappa shape index (κ1) is 24.1. The van der Waals surface area contributed by atoms with Gasteiger partial charge >= 0.3 is 5.97 Å². The summed E-state index contributed by atoms with van der Waals surface area (Å²) >= 11 is 6.07. The second-order valence-corrected chi connectivity index (χ2v) is 9.04. The minimum atomic E-state index is -0.898. The van der Waals surface area contributed by atoms with Crippen molar-refractivity contribution in [1.82, 2.24) is 5.32 Å². The maximum atomic E-state index is 12.0. The van der Waals surface area contributed by atoms with Crippen LogP contribution in [-0.4, -0.2) is 29.1 Å². The van der Waals surface area contributed by atoms with Gasteiger partial charge < -0.3 is 19.9 Å². The van der Waals surface area contributed by atoms with Crippen LogP contribution in [0.15, 0.2) is 42.5 Å². The number of ether oxygens (including phenoxy) is 2. The van der Waals surface area contributed by atoms with Crippen molar-refractivity contribution in [3.63, 3.8) is 0 Å². The molecule has 3 rings (SSSR count). The molecule has 1 amide bonds. The highest BCUT2D eigenvalue weighted by molar-refractivity contribution is 6.30. The molecule has 2 N–H and O–H groups in total. The molecule has 3 atom stereocenters.